The quantitative estimate of drug-likeness (QED) is 0.572. The van der Waals surface area contributed by atoms with Gasteiger partial charge >= 0.3 is 0 Å². The molecule has 2 aromatic carbocycles. The van der Waals surface area contributed by atoms with Gasteiger partial charge in [0.25, 0.3) is 0 Å². The topological polar surface area (TPSA) is 48.9 Å². The molecule has 0 radical (unpaired) electrons. The lowest BCUT2D eigenvalue weighted by atomic mass is 10.1. The Balaban J connectivity index is 1.51. The van der Waals surface area contributed by atoms with E-state index in [-0.39, 0.29) is 0 Å². The molecule has 5 nitrogen and oxygen atoms in total. The molecule has 0 bridgehead atoms. The van der Waals surface area contributed by atoms with Crippen molar-refractivity contribution < 1.29 is 4.74 Å². The average Bonchev–Trinajstić information content (AvgIpc) is 2.72. The molecule has 3 rings (SSSR count). The summed E-state index contributed by atoms with van der Waals surface area (Å²) in [7, 11) is 0. The largest absolute Gasteiger partial charge is 0.379 e. The fourth-order valence-corrected chi connectivity index (χ4v) is 3.29. The molecule has 1 saturated heterocycles. The molecule has 1 heterocycles. The number of aryl methyl sites for hydroxylation is 1. The number of morpholine rings is 1. The van der Waals surface area contributed by atoms with Crippen molar-refractivity contribution in [2.75, 3.05) is 32.8 Å². The number of benzene rings is 2. The zero-order valence-corrected chi connectivity index (χ0v) is 17.1. The molecule has 1 aliphatic rings. The molecule has 2 N–H and O–H groups in total. The van der Waals surface area contributed by atoms with Crippen molar-refractivity contribution >= 4 is 5.96 Å². The third kappa shape index (κ3) is 6.66. The zero-order valence-electron chi connectivity index (χ0n) is 17.1. The number of rotatable bonds is 7. The van der Waals surface area contributed by atoms with Crippen LogP contribution in [0.4, 0.5) is 0 Å². The normalized spacial score (nSPS) is 15.4. The second kappa shape index (κ2) is 10.8. The van der Waals surface area contributed by atoms with Crippen molar-refractivity contribution in [3.05, 3.63) is 70.8 Å². The van der Waals surface area contributed by atoms with Crippen LogP contribution < -0.4 is 10.6 Å². The summed E-state index contributed by atoms with van der Waals surface area (Å²) in [4.78, 5) is 7.15. The van der Waals surface area contributed by atoms with Gasteiger partial charge in [0.05, 0.1) is 19.8 Å². The molecule has 0 unspecified atom stereocenters. The Morgan fingerprint density at radius 2 is 1.75 bits per heavy atom. The lowest BCUT2D eigenvalue weighted by Crippen LogP contribution is -2.36. The molecule has 0 saturated carbocycles. The SMILES string of the molecule is CCNC(=NCc1cccc(C)c1)NCc1ccc(CN2CCOCC2)cc1. The standard InChI is InChI=1S/C23H32N4O/c1-3-24-23(26-17-22-6-4-5-19(2)15-22)25-16-20-7-9-21(10-8-20)18-27-11-13-28-14-12-27/h4-10,15H,3,11-14,16-18H2,1-2H3,(H2,24,25,26). The molecule has 1 fully saturated rings. The minimum atomic E-state index is 0.676. The van der Waals surface area contributed by atoms with Crippen LogP contribution in [0.1, 0.15) is 29.2 Å². The summed E-state index contributed by atoms with van der Waals surface area (Å²) < 4.78 is 5.42. The Morgan fingerprint density at radius 1 is 1.00 bits per heavy atom. The molecule has 150 valence electrons. The van der Waals surface area contributed by atoms with Gasteiger partial charge in [-0.25, -0.2) is 4.99 Å². The first-order valence-electron chi connectivity index (χ1n) is 10.2. The zero-order chi connectivity index (χ0) is 19.6. The molecule has 0 atom stereocenters. The average molecular weight is 381 g/mol. The fourth-order valence-electron chi connectivity index (χ4n) is 3.29. The molecule has 0 aromatic heterocycles. The first kappa shape index (κ1) is 20.4. The van der Waals surface area contributed by atoms with Crippen molar-refractivity contribution in [1.82, 2.24) is 15.5 Å². The van der Waals surface area contributed by atoms with Crippen LogP contribution in [0, 0.1) is 6.92 Å². The molecule has 0 aliphatic carbocycles. The van der Waals surface area contributed by atoms with Gasteiger partial charge < -0.3 is 15.4 Å². The van der Waals surface area contributed by atoms with Crippen molar-refractivity contribution in [3.63, 3.8) is 0 Å². The van der Waals surface area contributed by atoms with Crippen LogP contribution in [0.25, 0.3) is 0 Å². The third-order valence-electron chi connectivity index (χ3n) is 4.84. The van der Waals surface area contributed by atoms with E-state index < -0.39 is 0 Å². The highest BCUT2D eigenvalue weighted by molar-refractivity contribution is 5.79. The molecule has 28 heavy (non-hydrogen) atoms. The number of hydrogen-bond acceptors (Lipinski definition) is 3. The Morgan fingerprint density at radius 3 is 2.46 bits per heavy atom. The summed E-state index contributed by atoms with van der Waals surface area (Å²) in [6, 6.07) is 17.3. The van der Waals surface area contributed by atoms with Gasteiger partial charge in [0.2, 0.25) is 0 Å². The van der Waals surface area contributed by atoms with E-state index >= 15 is 0 Å². The smallest absolute Gasteiger partial charge is 0.191 e. The molecule has 0 amide bonds. The highest BCUT2D eigenvalue weighted by Gasteiger charge is 2.10. The second-order valence-electron chi connectivity index (χ2n) is 7.24. The minimum Gasteiger partial charge on any atom is -0.379 e. The summed E-state index contributed by atoms with van der Waals surface area (Å²) in [6.45, 7) is 11.2. The van der Waals surface area contributed by atoms with Crippen LogP contribution >= 0.6 is 0 Å². The van der Waals surface area contributed by atoms with Crippen molar-refractivity contribution in [2.24, 2.45) is 4.99 Å². The van der Waals surface area contributed by atoms with Crippen molar-refractivity contribution in [2.45, 2.75) is 33.5 Å². The predicted molar refractivity (Wildman–Crippen MR) is 115 cm³/mol. The maximum absolute atomic E-state index is 5.42. The maximum atomic E-state index is 5.42. The second-order valence-corrected chi connectivity index (χ2v) is 7.24. The Labute approximate surface area is 168 Å². The number of aliphatic imine (C=N–C) groups is 1. The number of hydrogen-bond donors (Lipinski definition) is 2. The van der Waals surface area contributed by atoms with Gasteiger partial charge in [-0.15, -0.1) is 0 Å². The van der Waals surface area contributed by atoms with Gasteiger partial charge in [-0.3, -0.25) is 4.90 Å². The van der Waals surface area contributed by atoms with Gasteiger partial charge in [0, 0.05) is 32.7 Å². The molecular formula is C23H32N4O. The van der Waals surface area contributed by atoms with E-state index in [4.69, 9.17) is 9.73 Å². The van der Waals surface area contributed by atoms with Crippen molar-refractivity contribution in [1.29, 1.82) is 0 Å². The number of nitrogens with one attached hydrogen (secondary N) is 2. The van der Waals surface area contributed by atoms with Gasteiger partial charge in [-0.2, -0.15) is 0 Å². The molecule has 5 heteroatoms. The highest BCUT2D eigenvalue weighted by atomic mass is 16.5. The predicted octanol–water partition coefficient (Wildman–Crippen LogP) is 3.08. The van der Waals surface area contributed by atoms with E-state index in [1.807, 2.05) is 0 Å². The number of guanidine groups is 1. The van der Waals surface area contributed by atoms with Gasteiger partial charge in [0.15, 0.2) is 5.96 Å². The summed E-state index contributed by atoms with van der Waals surface area (Å²) >= 11 is 0. The maximum Gasteiger partial charge on any atom is 0.191 e. The van der Waals surface area contributed by atoms with E-state index in [0.717, 1.165) is 51.9 Å². The van der Waals surface area contributed by atoms with Crippen LogP contribution in [0.2, 0.25) is 0 Å². The van der Waals surface area contributed by atoms with Gasteiger partial charge in [0.1, 0.15) is 0 Å². The molecular weight excluding hydrogens is 348 g/mol. The fraction of sp³-hybridized carbons (Fsp3) is 0.435. The summed E-state index contributed by atoms with van der Waals surface area (Å²) in [5.41, 5.74) is 5.10. The van der Waals surface area contributed by atoms with Crippen LogP contribution in [0.3, 0.4) is 0 Å². The first-order chi connectivity index (χ1) is 13.7. The lowest BCUT2D eigenvalue weighted by Gasteiger charge is -2.26. The molecule has 2 aromatic rings. The van der Waals surface area contributed by atoms with Crippen molar-refractivity contribution in [3.8, 4) is 0 Å². The summed E-state index contributed by atoms with van der Waals surface area (Å²) in [5.74, 6) is 0.849. The third-order valence-corrected chi connectivity index (χ3v) is 4.84. The van der Waals surface area contributed by atoms with E-state index in [1.54, 1.807) is 0 Å². The lowest BCUT2D eigenvalue weighted by molar-refractivity contribution is 0.0342. The van der Waals surface area contributed by atoms with E-state index in [9.17, 15) is 0 Å². The number of ether oxygens (including phenoxy) is 1. The van der Waals surface area contributed by atoms with Crippen LogP contribution in [0.15, 0.2) is 53.5 Å². The van der Waals surface area contributed by atoms with Gasteiger partial charge in [-0.05, 0) is 30.5 Å². The van der Waals surface area contributed by atoms with E-state index in [2.05, 4.69) is 77.9 Å². The summed E-state index contributed by atoms with van der Waals surface area (Å²) in [6.07, 6.45) is 0. The van der Waals surface area contributed by atoms with Crippen LogP contribution in [0.5, 0.6) is 0 Å². The molecule has 0 spiro atoms. The Bertz CT molecular complexity index is 751. The Kier molecular flexibility index (Phi) is 7.88. The summed E-state index contributed by atoms with van der Waals surface area (Å²) in [5, 5.41) is 6.76. The Hall–Kier alpha value is -2.37. The number of nitrogens with zero attached hydrogens (tertiary/aromatic N) is 2. The van der Waals surface area contributed by atoms with Crippen LogP contribution in [-0.4, -0.2) is 43.7 Å². The highest BCUT2D eigenvalue weighted by Crippen LogP contribution is 2.09. The first-order valence-corrected chi connectivity index (χ1v) is 10.2. The minimum absolute atomic E-state index is 0.676. The van der Waals surface area contributed by atoms with E-state index in [0.29, 0.717) is 6.54 Å². The van der Waals surface area contributed by atoms with E-state index in [1.165, 1.54) is 22.3 Å². The van der Waals surface area contributed by atoms with Crippen LogP contribution in [-0.2, 0) is 24.4 Å². The molecule has 1 aliphatic heterocycles. The van der Waals surface area contributed by atoms with Gasteiger partial charge in [-0.1, -0.05) is 54.1 Å². The monoisotopic (exact) mass is 380 g/mol.